The van der Waals surface area contributed by atoms with Gasteiger partial charge in [-0.05, 0) is 37.5 Å². The van der Waals surface area contributed by atoms with Crippen LogP contribution in [-0.4, -0.2) is 18.5 Å². The molecule has 2 aliphatic rings. The van der Waals surface area contributed by atoms with E-state index in [0.29, 0.717) is 11.5 Å². The molecule has 0 atom stereocenters. The van der Waals surface area contributed by atoms with Gasteiger partial charge in [-0.2, -0.15) is 0 Å². The molecule has 0 bridgehead atoms. The Morgan fingerprint density at radius 1 is 1.50 bits per heavy atom. The van der Waals surface area contributed by atoms with Crippen molar-refractivity contribution in [2.45, 2.75) is 45.1 Å². The molecule has 0 unspecified atom stereocenters. The van der Waals surface area contributed by atoms with E-state index in [1.165, 1.54) is 32.1 Å². The van der Waals surface area contributed by atoms with Gasteiger partial charge in [-0.15, -0.1) is 0 Å². The Hall–Kier alpha value is -0.770. The molecule has 4 heteroatoms. The first-order valence-electron chi connectivity index (χ1n) is 5.56. The van der Waals surface area contributed by atoms with Crippen molar-refractivity contribution in [1.82, 2.24) is 10.7 Å². The highest BCUT2D eigenvalue weighted by Gasteiger charge is 2.40. The predicted octanol–water partition coefficient (Wildman–Crippen LogP) is 0.748. The summed E-state index contributed by atoms with van der Waals surface area (Å²) in [5.74, 6) is 6.17. The van der Waals surface area contributed by atoms with Crippen LogP contribution in [0.3, 0.4) is 0 Å². The lowest BCUT2D eigenvalue weighted by Gasteiger charge is -2.11. The van der Waals surface area contributed by atoms with E-state index in [4.69, 9.17) is 5.84 Å². The van der Waals surface area contributed by atoms with Crippen LogP contribution in [0.2, 0.25) is 0 Å². The fourth-order valence-electron chi connectivity index (χ4n) is 1.60. The quantitative estimate of drug-likeness (QED) is 0.269. The Morgan fingerprint density at radius 3 is 2.64 bits per heavy atom. The van der Waals surface area contributed by atoms with E-state index in [-0.39, 0.29) is 0 Å². The number of hydrazine groups is 1. The standard InChI is InChI=1S/C10H20N4/c1-2-10(5-6-10)7-12-9(14-11)13-8-3-4-8/h8H,2-7,11H2,1H3,(H2,12,13,14). The molecule has 0 spiro atoms. The van der Waals surface area contributed by atoms with Crippen molar-refractivity contribution < 1.29 is 0 Å². The summed E-state index contributed by atoms with van der Waals surface area (Å²) < 4.78 is 0. The first kappa shape index (κ1) is 9.77. The van der Waals surface area contributed by atoms with Gasteiger partial charge in [0.05, 0.1) is 0 Å². The number of rotatable bonds is 4. The first-order valence-corrected chi connectivity index (χ1v) is 5.56. The number of nitrogens with one attached hydrogen (secondary N) is 2. The number of hydrogen-bond donors (Lipinski definition) is 3. The molecule has 0 heterocycles. The fourth-order valence-corrected chi connectivity index (χ4v) is 1.60. The van der Waals surface area contributed by atoms with Crippen molar-refractivity contribution in [3.63, 3.8) is 0 Å². The maximum atomic E-state index is 5.40. The van der Waals surface area contributed by atoms with Gasteiger partial charge in [-0.3, -0.25) is 10.4 Å². The molecule has 0 aromatic heterocycles. The number of hydrogen-bond acceptors (Lipinski definition) is 2. The van der Waals surface area contributed by atoms with E-state index < -0.39 is 0 Å². The van der Waals surface area contributed by atoms with Crippen molar-refractivity contribution in [3.8, 4) is 0 Å². The summed E-state index contributed by atoms with van der Waals surface area (Å²) in [6.07, 6.45) is 6.39. The van der Waals surface area contributed by atoms with Gasteiger partial charge in [0.15, 0.2) is 0 Å². The minimum atomic E-state index is 0.507. The number of guanidine groups is 1. The summed E-state index contributed by atoms with van der Waals surface area (Å²) in [6, 6.07) is 0.613. The van der Waals surface area contributed by atoms with Crippen molar-refractivity contribution in [3.05, 3.63) is 0 Å². The highest BCUT2D eigenvalue weighted by atomic mass is 15.3. The van der Waals surface area contributed by atoms with Gasteiger partial charge in [0.1, 0.15) is 0 Å². The van der Waals surface area contributed by atoms with Crippen LogP contribution in [0.4, 0.5) is 0 Å². The van der Waals surface area contributed by atoms with Gasteiger partial charge < -0.3 is 5.32 Å². The summed E-state index contributed by atoms with van der Waals surface area (Å²) in [4.78, 5) is 4.50. The largest absolute Gasteiger partial charge is 0.353 e. The van der Waals surface area contributed by atoms with Crippen LogP contribution in [0, 0.1) is 5.41 Å². The van der Waals surface area contributed by atoms with Gasteiger partial charge in [-0.25, -0.2) is 5.84 Å². The molecule has 0 aromatic rings. The van der Waals surface area contributed by atoms with Crippen molar-refractivity contribution in [2.75, 3.05) is 6.54 Å². The summed E-state index contributed by atoms with van der Waals surface area (Å²) in [7, 11) is 0. The Morgan fingerprint density at radius 2 is 2.21 bits per heavy atom. The molecule has 2 saturated carbocycles. The SMILES string of the molecule is CCC1(CN=C(NN)NC2CC2)CC1. The molecule has 0 aliphatic heterocycles. The maximum Gasteiger partial charge on any atom is 0.205 e. The summed E-state index contributed by atoms with van der Waals surface area (Å²) >= 11 is 0. The molecule has 0 aromatic carbocycles. The summed E-state index contributed by atoms with van der Waals surface area (Å²) in [5, 5.41) is 3.28. The van der Waals surface area contributed by atoms with E-state index in [2.05, 4.69) is 22.7 Å². The maximum absolute atomic E-state index is 5.40. The Kier molecular flexibility index (Phi) is 2.63. The molecule has 4 N–H and O–H groups in total. The third-order valence-electron chi connectivity index (χ3n) is 3.33. The normalized spacial score (nSPS) is 24.6. The lowest BCUT2D eigenvalue weighted by molar-refractivity contribution is 0.504. The third-order valence-corrected chi connectivity index (χ3v) is 3.33. The molecule has 80 valence electrons. The van der Waals surface area contributed by atoms with E-state index in [1.807, 2.05) is 0 Å². The van der Waals surface area contributed by atoms with Crippen LogP contribution < -0.4 is 16.6 Å². The van der Waals surface area contributed by atoms with Crippen LogP contribution >= 0.6 is 0 Å². The number of nitrogens with zero attached hydrogens (tertiary/aromatic N) is 1. The van der Waals surface area contributed by atoms with Crippen LogP contribution in [-0.2, 0) is 0 Å². The molecule has 14 heavy (non-hydrogen) atoms. The van der Waals surface area contributed by atoms with E-state index in [0.717, 1.165) is 12.5 Å². The molecule has 0 saturated heterocycles. The zero-order chi connectivity index (χ0) is 10.0. The minimum absolute atomic E-state index is 0.507. The van der Waals surface area contributed by atoms with Crippen LogP contribution in [0.5, 0.6) is 0 Å². The second-order valence-electron chi connectivity index (χ2n) is 4.58. The second-order valence-corrected chi connectivity index (χ2v) is 4.58. The molecule has 2 rings (SSSR count). The minimum Gasteiger partial charge on any atom is -0.353 e. The molecule has 2 aliphatic carbocycles. The van der Waals surface area contributed by atoms with Crippen LogP contribution in [0.15, 0.2) is 4.99 Å². The van der Waals surface area contributed by atoms with Crippen molar-refractivity contribution in [1.29, 1.82) is 0 Å². The van der Waals surface area contributed by atoms with Crippen molar-refractivity contribution >= 4 is 5.96 Å². The highest BCUT2D eigenvalue weighted by molar-refractivity contribution is 5.79. The van der Waals surface area contributed by atoms with Gasteiger partial charge in [0, 0.05) is 12.6 Å². The smallest absolute Gasteiger partial charge is 0.205 e. The van der Waals surface area contributed by atoms with E-state index in [1.54, 1.807) is 0 Å². The molecule has 2 fully saturated rings. The molecular formula is C10H20N4. The highest BCUT2D eigenvalue weighted by Crippen LogP contribution is 2.48. The zero-order valence-electron chi connectivity index (χ0n) is 8.84. The summed E-state index contributed by atoms with van der Waals surface area (Å²) in [6.45, 7) is 3.16. The third kappa shape index (κ3) is 2.38. The van der Waals surface area contributed by atoms with Crippen LogP contribution in [0.25, 0.3) is 0 Å². The molecular weight excluding hydrogens is 176 g/mol. The monoisotopic (exact) mass is 196 g/mol. The molecule has 0 amide bonds. The average molecular weight is 196 g/mol. The topological polar surface area (TPSA) is 62.4 Å². The van der Waals surface area contributed by atoms with E-state index in [9.17, 15) is 0 Å². The number of nitrogens with two attached hydrogens (primary N) is 1. The molecule has 4 nitrogen and oxygen atoms in total. The second kappa shape index (κ2) is 3.77. The van der Waals surface area contributed by atoms with Crippen LogP contribution in [0.1, 0.15) is 39.0 Å². The zero-order valence-corrected chi connectivity index (χ0v) is 8.84. The summed E-state index contributed by atoms with van der Waals surface area (Å²) in [5.41, 5.74) is 3.14. The average Bonchev–Trinajstić information content (AvgIpc) is 3.08. The lowest BCUT2D eigenvalue weighted by Crippen LogP contribution is -2.43. The Labute approximate surface area is 85.3 Å². The Bertz CT molecular complexity index is 228. The lowest BCUT2D eigenvalue weighted by atomic mass is 10.1. The van der Waals surface area contributed by atoms with Gasteiger partial charge in [-0.1, -0.05) is 6.92 Å². The van der Waals surface area contributed by atoms with Gasteiger partial charge in [0.2, 0.25) is 5.96 Å². The first-order chi connectivity index (χ1) is 6.78. The molecule has 0 radical (unpaired) electrons. The van der Waals surface area contributed by atoms with E-state index >= 15 is 0 Å². The van der Waals surface area contributed by atoms with Gasteiger partial charge >= 0.3 is 0 Å². The number of aliphatic imine (C=N–C) groups is 1. The fraction of sp³-hybridized carbons (Fsp3) is 0.900. The predicted molar refractivity (Wildman–Crippen MR) is 57.7 cm³/mol. The van der Waals surface area contributed by atoms with Crippen molar-refractivity contribution in [2.24, 2.45) is 16.3 Å². The van der Waals surface area contributed by atoms with Gasteiger partial charge in [0.25, 0.3) is 0 Å². The Balaban J connectivity index is 1.80.